The summed E-state index contributed by atoms with van der Waals surface area (Å²) >= 11 is 0. The Bertz CT molecular complexity index is 781. The van der Waals surface area contributed by atoms with Gasteiger partial charge >= 0.3 is 0 Å². The van der Waals surface area contributed by atoms with E-state index in [9.17, 15) is 4.39 Å². The molecule has 0 atom stereocenters. The molecule has 0 aliphatic carbocycles. The molecular weight excluding hydrogens is 295 g/mol. The molecule has 23 heavy (non-hydrogen) atoms. The van der Waals surface area contributed by atoms with Crippen LogP contribution in [0.15, 0.2) is 48.8 Å². The molecule has 0 saturated carbocycles. The Hall–Kier alpha value is -2.40. The van der Waals surface area contributed by atoms with E-state index in [0.717, 1.165) is 17.6 Å². The second-order valence-corrected chi connectivity index (χ2v) is 5.56. The van der Waals surface area contributed by atoms with Crippen molar-refractivity contribution < 1.29 is 13.9 Å². The van der Waals surface area contributed by atoms with E-state index in [2.05, 4.69) is 4.98 Å². The number of nitrogens with zero attached hydrogens (tertiary/aromatic N) is 2. The Balaban J connectivity index is 1.78. The molecular formula is C18H19FN2O2. The van der Waals surface area contributed by atoms with E-state index in [1.807, 2.05) is 36.6 Å². The van der Waals surface area contributed by atoms with Gasteiger partial charge in [-0.3, -0.25) is 0 Å². The van der Waals surface area contributed by atoms with Gasteiger partial charge in [0.2, 0.25) is 0 Å². The van der Waals surface area contributed by atoms with Crippen LogP contribution in [-0.2, 0) is 11.3 Å². The van der Waals surface area contributed by atoms with Crippen molar-refractivity contribution in [2.24, 2.45) is 0 Å². The van der Waals surface area contributed by atoms with Crippen molar-refractivity contribution in [1.29, 1.82) is 0 Å². The first kappa shape index (κ1) is 15.5. The molecule has 0 unspecified atom stereocenters. The van der Waals surface area contributed by atoms with Crippen LogP contribution in [0.3, 0.4) is 0 Å². The van der Waals surface area contributed by atoms with E-state index in [1.165, 1.54) is 12.1 Å². The predicted molar refractivity (Wildman–Crippen MR) is 87.3 cm³/mol. The lowest BCUT2D eigenvalue weighted by atomic mass is 10.3. The maximum atomic E-state index is 12.9. The molecule has 0 saturated heterocycles. The molecule has 0 amide bonds. The van der Waals surface area contributed by atoms with Gasteiger partial charge in [-0.15, -0.1) is 0 Å². The van der Waals surface area contributed by atoms with Crippen LogP contribution in [0.2, 0.25) is 0 Å². The highest BCUT2D eigenvalue weighted by molar-refractivity contribution is 5.77. The zero-order valence-electron chi connectivity index (χ0n) is 13.2. The van der Waals surface area contributed by atoms with Gasteiger partial charge in [0.1, 0.15) is 17.3 Å². The second kappa shape index (κ2) is 6.79. The molecule has 4 nitrogen and oxygen atoms in total. The number of rotatable bonds is 6. The number of halogens is 1. The van der Waals surface area contributed by atoms with Crippen molar-refractivity contribution in [3.05, 3.63) is 54.6 Å². The average molecular weight is 314 g/mol. The van der Waals surface area contributed by atoms with Crippen molar-refractivity contribution in [1.82, 2.24) is 9.55 Å². The van der Waals surface area contributed by atoms with Crippen LogP contribution in [0, 0.1) is 5.82 Å². The third-order valence-electron chi connectivity index (χ3n) is 3.43. The van der Waals surface area contributed by atoms with E-state index < -0.39 is 0 Å². The van der Waals surface area contributed by atoms with E-state index in [4.69, 9.17) is 9.47 Å². The summed E-state index contributed by atoms with van der Waals surface area (Å²) in [6, 6.07) is 11.7. The Labute approximate surface area is 134 Å². The van der Waals surface area contributed by atoms with Gasteiger partial charge in [0.15, 0.2) is 0 Å². The maximum Gasteiger partial charge on any atom is 0.129 e. The van der Waals surface area contributed by atoms with Crippen molar-refractivity contribution in [3.63, 3.8) is 0 Å². The highest BCUT2D eigenvalue weighted by Crippen LogP contribution is 2.25. The summed E-state index contributed by atoms with van der Waals surface area (Å²) in [6.45, 7) is 5.39. The third-order valence-corrected chi connectivity index (χ3v) is 3.43. The van der Waals surface area contributed by atoms with Crippen molar-refractivity contribution in [2.45, 2.75) is 26.5 Å². The predicted octanol–water partition coefficient (Wildman–Crippen LogP) is 4.39. The summed E-state index contributed by atoms with van der Waals surface area (Å²) in [5.41, 5.74) is 1.89. The summed E-state index contributed by atoms with van der Waals surface area (Å²) in [5, 5.41) is 0. The van der Waals surface area contributed by atoms with E-state index >= 15 is 0 Å². The smallest absolute Gasteiger partial charge is 0.129 e. The first-order valence-electron chi connectivity index (χ1n) is 7.62. The van der Waals surface area contributed by atoms with Crippen LogP contribution in [0.1, 0.15) is 13.8 Å². The normalized spacial score (nSPS) is 11.3. The minimum absolute atomic E-state index is 0.210. The monoisotopic (exact) mass is 314 g/mol. The van der Waals surface area contributed by atoms with Gasteiger partial charge in [0.05, 0.1) is 30.1 Å². The van der Waals surface area contributed by atoms with Crippen LogP contribution in [0.25, 0.3) is 11.0 Å². The molecule has 1 heterocycles. The Morgan fingerprint density at radius 1 is 1.09 bits per heavy atom. The van der Waals surface area contributed by atoms with Crippen molar-refractivity contribution in [2.75, 3.05) is 6.61 Å². The summed E-state index contributed by atoms with van der Waals surface area (Å²) in [7, 11) is 0. The topological polar surface area (TPSA) is 36.3 Å². The molecule has 0 aliphatic rings. The first-order chi connectivity index (χ1) is 11.1. The van der Waals surface area contributed by atoms with E-state index in [1.54, 1.807) is 18.5 Å². The fourth-order valence-electron chi connectivity index (χ4n) is 2.30. The number of aromatic nitrogens is 2. The van der Waals surface area contributed by atoms with Crippen LogP contribution >= 0.6 is 0 Å². The summed E-state index contributed by atoms with van der Waals surface area (Å²) in [4.78, 5) is 4.38. The molecule has 3 aromatic rings. The van der Waals surface area contributed by atoms with Crippen LogP contribution in [-0.4, -0.2) is 22.3 Å². The fourth-order valence-corrected chi connectivity index (χ4v) is 2.30. The lowest BCUT2D eigenvalue weighted by Gasteiger charge is -2.09. The van der Waals surface area contributed by atoms with Crippen LogP contribution in [0.5, 0.6) is 11.5 Å². The summed E-state index contributed by atoms with van der Waals surface area (Å²) in [5.74, 6) is 1.01. The molecule has 0 spiro atoms. The highest BCUT2D eigenvalue weighted by Gasteiger charge is 2.06. The zero-order chi connectivity index (χ0) is 16.2. The number of hydrogen-bond acceptors (Lipinski definition) is 3. The minimum atomic E-state index is -0.281. The average Bonchev–Trinajstić information content (AvgIpc) is 2.92. The number of ether oxygens (including phenoxy) is 2. The molecule has 0 N–H and O–H groups in total. The summed E-state index contributed by atoms with van der Waals surface area (Å²) in [6.07, 6.45) is 2.01. The molecule has 0 fully saturated rings. The van der Waals surface area contributed by atoms with Gasteiger partial charge in [-0.25, -0.2) is 9.37 Å². The van der Waals surface area contributed by atoms with Gasteiger partial charge in [-0.2, -0.15) is 0 Å². The largest absolute Gasteiger partial charge is 0.457 e. The number of imidazole rings is 1. The molecule has 2 aromatic carbocycles. The second-order valence-electron chi connectivity index (χ2n) is 5.56. The standard InChI is InChI=1S/C18H19FN2O2/c1-13(2)22-10-9-21-12-20-17-8-7-16(11-18(17)21)23-15-5-3-14(19)4-6-15/h3-8,11-13H,9-10H2,1-2H3. The lowest BCUT2D eigenvalue weighted by Crippen LogP contribution is -2.09. The lowest BCUT2D eigenvalue weighted by molar-refractivity contribution is 0.0733. The van der Waals surface area contributed by atoms with Gasteiger partial charge < -0.3 is 14.0 Å². The molecule has 1 aromatic heterocycles. The molecule has 3 rings (SSSR count). The maximum absolute atomic E-state index is 12.9. The van der Waals surface area contributed by atoms with Crippen LogP contribution in [0.4, 0.5) is 4.39 Å². The Morgan fingerprint density at radius 2 is 1.83 bits per heavy atom. The number of benzene rings is 2. The zero-order valence-corrected chi connectivity index (χ0v) is 13.2. The quantitative estimate of drug-likeness (QED) is 0.677. The minimum Gasteiger partial charge on any atom is -0.457 e. The van der Waals surface area contributed by atoms with Crippen molar-refractivity contribution in [3.8, 4) is 11.5 Å². The van der Waals surface area contributed by atoms with Gasteiger partial charge in [-0.05, 0) is 50.2 Å². The first-order valence-corrected chi connectivity index (χ1v) is 7.62. The molecule has 120 valence electrons. The van der Waals surface area contributed by atoms with E-state index in [-0.39, 0.29) is 11.9 Å². The van der Waals surface area contributed by atoms with Gasteiger partial charge in [-0.1, -0.05) is 0 Å². The SMILES string of the molecule is CC(C)OCCn1cnc2ccc(Oc3ccc(F)cc3)cc21. The Kier molecular flexibility index (Phi) is 4.57. The number of hydrogen-bond donors (Lipinski definition) is 0. The van der Waals surface area contributed by atoms with Gasteiger partial charge in [0.25, 0.3) is 0 Å². The number of fused-ring (bicyclic) bond motifs is 1. The molecule has 0 radical (unpaired) electrons. The highest BCUT2D eigenvalue weighted by atomic mass is 19.1. The van der Waals surface area contributed by atoms with Gasteiger partial charge in [0, 0.05) is 12.6 Å². The molecule has 5 heteroatoms. The van der Waals surface area contributed by atoms with E-state index in [0.29, 0.717) is 18.1 Å². The summed E-state index contributed by atoms with van der Waals surface area (Å²) < 4.78 is 26.3. The van der Waals surface area contributed by atoms with Crippen LogP contribution < -0.4 is 4.74 Å². The fraction of sp³-hybridized carbons (Fsp3) is 0.278. The Morgan fingerprint density at radius 3 is 2.57 bits per heavy atom. The molecule has 0 aliphatic heterocycles. The molecule has 0 bridgehead atoms. The van der Waals surface area contributed by atoms with Crippen molar-refractivity contribution >= 4 is 11.0 Å². The third kappa shape index (κ3) is 3.87.